The molecule has 3 aliphatic rings. The molecule has 4 atom stereocenters. The van der Waals surface area contributed by atoms with Gasteiger partial charge in [-0.15, -0.1) is 0 Å². The second-order valence-corrected chi connectivity index (χ2v) is 10.3. The van der Waals surface area contributed by atoms with E-state index < -0.39 is 0 Å². The van der Waals surface area contributed by atoms with Crippen molar-refractivity contribution in [3.63, 3.8) is 0 Å². The van der Waals surface area contributed by atoms with Gasteiger partial charge in [0.05, 0.1) is 7.11 Å². The number of rotatable bonds is 6. The fourth-order valence-corrected chi connectivity index (χ4v) is 6.98. The minimum atomic E-state index is 0.784. The van der Waals surface area contributed by atoms with Crippen LogP contribution in [0, 0.1) is 29.6 Å². The third-order valence-corrected chi connectivity index (χ3v) is 8.78. The van der Waals surface area contributed by atoms with Crippen LogP contribution in [0.4, 0.5) is 0 Å². The second kappa shape index (κ2) is 10.2. The van der Waals surface area contributed by atoms with E-state index in [0.29, 0.717) is 0 Å². The Morgan fingerprint density at radius 2 is 1.41 bits per heavy atom. The van der Waals surface area contributed by atoms with Gasteiger partial charge < -0.3 is 4.74 Å². The highest BCUT2D eigenvalue weighted by Crippen LogP contribution is 2.51. The molecule has 0 amide bonds. The maximum Gasteiger partial charge on any atom is 0.118 e. The molecule has 0 radical (unpaired) electrons. The number of methoxy groups -OCH3 is 1. The Balaban J connectivity index is 1.24. The van der Waals surface area contributed by atoms with E-state index in [1.807, 2.05) is 0 Å². The zero-order valence-electron chi connectivity index (χ0n) is 18.8. The van der Waals surface area contributed by atoms with Crippen LogP contribution < -0.4 is 4.74 Å². The Labute approximate surface area is 179 Å². The lowest BCUT2D eigenvalue weighted by Gasteiger charge is -2.45. The third-order valence-electron chi connectivity index (χ3n) is 8.78. The molecule has 1 aromatic carbocycles. The average Bonchev–Trinajstić information content (AvgIpc) is 2.79. The van der Waals surface area contributed by atoms with E-state index in [1.54, 1.807) is 19.1 Å². The van der Waals surface area contributed by atoms with Crippen LogP contribution in [-0.2, 0) is 0 Å². The monoisotopic (exact) mass is 394 g/mol. The summed E-state index contributed by atoms with van der Waals surface area (Å²) in [6.07, 6.45) is 22.2. The first-order valence-electron chi connectivity index (χ1n) is 12.5. The SMILES string of the molecule is C/C=C/CCC1CCC(C2CCC3CC(c4ccc(OC)cc4)CCC3C2)CC1. The van der Waals surface area contributed by atoms with Gasteiger partial charge in [-0.1, -0.05) is 37.1 Å². The Bertz CT molecular complexity index is 637. The van der Waals surface area contributed by atoms with Gasteiger partial charge in [-0.2, -0.15) is 0 Å². The van der Waals surface area contributed by atoms with E-state index in [2.05, 4.69) is 43.3 Å². The third kappa shape index (κ3) is 5.28. The quantitative estimate of drug-likeness (QED) is 0.442. The molecule has 3 aliphatic carbocycles. The predicted molar refractivity (Wildman–Crippen MR) is 123 cm³/mol. The number of fused-ring (bicyclic) bond motifs is 1. The van der Waals surface area contributed by atoms with E-state index in [-0.39, 0.29) is 0 Å². The summed E-state index contributed by atoms with van der Waals surface area (Å²) < 4.78 is 5.34. The molecule has 1 aromatic rings. The highest BCUT2D eigenvalue weighted by molar-refractivity contribution is 5.29. The Hall–Kier alpha value is -1.24. The molecule has 0 bridgehead atoms. The average molecular weight is 395 g/mol. The molecule has 3 fully saturated rings. The van der Waals surface area contributed by atoms with Crippen LogP contribution in [0.3, 0.4) is 0 Å². The lowest BCUT2D eigenvalue weighted by Crippen LogP contribution is -2.34. The van der Waals surface area contributed by atoms with Crippen molar-refractivity contribution in [2.45, 2.75) is 89.9 Å². The van der Waals surface area contributed by atoms with Crippen LogP contribution in [0.25, 0.3) is 0 Å². The highest BCUT2D eigenvalue weighted by atomic mass is 16.5. The van der Waals surface area contributed by atoms with Gasteiger partial charge in [0, 0.05) is 0 Å². The van der Waals surface area contributed by atoms with Gasteiger partial charge >= 0.3 is 0 Å². The second-order valence-electron chi connectivity index (χ2n) is 10.3. The highest BCUT2D eigenvalue weighted by Gasteiger charge is 2.38. The van der Waals surface area contributed by atoms with Gasteiger partial charge in [-0.3, -0.25) is 0 Å². The molecule has 1 nitrogen and oxygen atoms in total. The van der Waals surface area contributed by atoms with Gasteiger partial charge in [-0.05, 0) is 124 Å². The van der Waals surface area contributed by atoms with Crippen molar-refractivity contribution >= 4 is 0 Å². The van der Waals surface area contributed by atoms with Crippen LogP contribution in [0.2, 0.25) is 0 Å². The van der Waals surface area contributed by atoms with Crippen LogP contribution in [0.15, 0.2) is 36.4 Å². The van der Waals surface area contributed by atoms with Crippen LogP contribution in [0.5, 0.6) is 5.75 Å². The van der Waals surface area contributed by atoms with E-state index in [4.69, 9.17) is 4.74 Å². The van der Waals surface area contributed by atoms with E-state index in [0.717, 1.165) is 41.3 Å². The summed E-state index contributed by atoms with van der Waals surface area (Å²) >= 11 is 0. The summed E-state index contributed by atoms with van der Waals surface area (Å²) in [6, 6.07) is 8.91. The molecular formula is C28H42O. The van der Waals surface area contributed by atoms with Crippen molar-refractivity contribution in [2.24, 2.45) is 29.6 Å². The lowest BCUT2D eigenvalue weighted by molar-refractivity contribution is 0.0713. The van der Waals surface area contributed by atoms with Crippen molar-refractivity contribution in [1.82, 2.24) is 0 Å². The zero-order chi connectivity index (χ0) is 20.1. The molecule has 0 N–H and O–H groups in total. The van der Waals surface area contributed by atoms with Gasteiger partial charge in [-0.25, -0.2) is 0 Å². The smallest absolute Gasteiger partial charge is 0.118 e. The molecule has 4 rings (SSSR count). The van der Waals surface area contributed by atoms with Crippen molar-refractivity contribution in [1.29, 1.82) is 0 Å². The molecule has 1 heteroatoms. The molecule has 0 saturated heterocycles. The van der Waals surface area contributed by atoms with E-state index >= 15 is 0 Å². The van der Waals surface area contributed by atoms with Crippen LogP contribution >= 0.6 is 0 Å². The molecule has 0 heterocycles. The first-order chi connectivity index (χ1) is 14.3. The number of ether oxygens (including phenoxy) is 1. The molecule has 0 spiro atoms. The van der Waals surface area contributed by atoms with Crippen molar-refractivity contribution in [3.8, 4) is 5.75 Å². The van der Waals surface area contributed by atoms with Crippen molar-refractivity contribution in [2.75, 3.05) is 7.11 Å². The van der Waals surface area contributed by atoms with Crippen molar-refractivity contribution in [3.05, 3.63) is 42.0 Å². The number of allylic oxidation sites excluding steroid dienone is 2. The van der Waals surface area contributed by atoms with Gasteiger partial charge in [0.2, 0.25) is 0 Å². The number of hydrogen-bond donors (Lipinski definition) is 0. The van der Waals surface area contributed by atoms with Crippen molar-refractivity contribution < 1.29 is 4.74 Å². The largest absolute Gasteiger partial charge is 0.497 e. The molecule has 4 unspecified atom stereocenters. The number of hydrogen-bond acceptors (Lipinski definition) is 1. The minimum Gasteiger partial charge on any atom is -0.497 e. The lowest BCUT2D eigenvalue weighted by atomic mass is 9.60. The fourth-order valence-electron chi connectivity index (χ4n) is 6.98. The summed E-state index contributed by atoms with van der Waals surface area (Å²) in [4.78, 5) is 0. The normalized spacial score (nSPS) is 35.4. The molecule has 160 valence electrons. The topological polar surface area (TPSA) is 9.23 Å². The maximum atomic E-state index is 5.34. The standard InChI is InChI=1S/C28H42O/c1-3-4-5-6-21-7-9-22(10-8-21)24-11-13-27-20-25(12-14-26(27)19-24)23-15-17-28(29-2)18-16-23/h3-4,15-18,21-22,24-27H,5-14,19-20H2,1-2H3/b4-3+. The van der Waals surface area contributed by atoms with Crippen LogP contribution in [-0.4, -0.2) is 7.11 Å². The van der Waals surface area contributed by atoms with Gasteiger partial charge in [0.25, 0.3) is 0 Å². The van der Waals surface area contributed by atoms with E-state index in [1.165, 1.54) is 70.6 Å². The summed E-state index contributed by atoms with van der Waals surface area (Å²) in [7, 11) is 1.76. The first-order valence-corrected chi connectivity index (χ1v) is 12.5. The summed E-state index contributed by atoms with van der Waals surface area (Å²) in [5.41, 5.74) is 1.54. The molecule has 0 aliphatic heterocycles. The molecule has 0 aromatic heterocycles. The fraction of sp³-hybridized carbons (Fsp3) is 0.714. The summed E-state index contributed by atoms with van der Waals surface area (Å²) in [5, 5.41) is 0. The maximum absolute atomic E-state index is 5.34. The van der Waals surface area contributed by atoms with Crippen LogP contribution in [0.1, 0.15) is 95.5 Å². The Morgan fingerprint density at radius 1 is 0.793 bits per heavy atom. The Morgan fingerprint density at radius 3 is 2.10 bits per heavy atom. The minimum absolute atomic E-state index is 0.784. The molecular weight excluding hydrogens is 352 g/mol. The van der Waals surface area contributed by atoms with E-state index in [9.17, 15) is 0 Å². The molecule has 3 saturated carbocycles. The zero-order valence-corrected chi connectivity index (χ0v) is 18.8. The Kier molecular flexibility index (Phi) is 7.38. The van der Waals surface area contributed by atoms with Gasteiger partial charge in [0.15, 0.2) is 0 Å². The molecule has 29 heavy (non-hydrogen) atoms. The summed E-state index contributed by atoms with van der Waals surface area (Å²) in [6.45, 7) is 2.15. The predicted octanol–water partition coefficient (Wildman–Crippen LogP) is 8.16. The summed E-state index contributed by atoms with van der Waals surface area (Å²) in [5.74, 6) is 6.89. The first kappa shape index (κ1) is 21.0. The number of benzene rings is 1. The van der Waals surface area contributed by atoms with Gasteiger partial charge in [0.1, 0.15) is 5.75 Å².